The van der Waals surface area contributed by atoms with Crippen LogP contribution >= 0.6 is 11.3 Å². The molecular weight excluding hydrogens is 472 g/mol. The molecule has 0 bridgehead atoms. The maximum atomic E-state index is 13.1. The van der Waals surface area contributed by atoms with Crippen molar-refractivity contribution in [2.75, 3.05) is 0 Å². The van der Waals surface area contributed by atoms with E-state index in [0.29, 0.717) is 19.6 Å². The molecule has 8 nitrogen and oxygen atoms in total. The number of nitrogens with zero attached hydrogens (tertiary/aromatic N) is 5. The Morgan fingerprint density at radius 1 is 1.14 bits per heavy atom. The summed E-state index contributed by atoms with van der Waals surface area (Å²) in [6.45, 7) is 8.06. The maximum absolute atomic E-state index is 13.1. The van der Waals surface area contributed by atoms with E-state index in [1.54, 1.807) is 22.3 Å². The van der Waals surface area contributed by atoms with Gasteiger partial charge in [-0.1, -0.05) is 32.9 Å². The minimum absolute atomic E-state index is 0.0689. The molecule has 0 saturated heterocycles. The van der Waals surface area contributed by atoms with Crippen molar-refractivity contribution in [3.63, 3.8) is 0 Å². The molecule has 0 fully saturated rings. The van der Waals surface area contributed by atoms with Crippen molar-refractivity contribution in [2.24, 2.45) is 5.92 Å². The van der Waals surface area contributed by atoms with Gasteiger partial charge in [-0.2, -0.15) is 0 Å². The van der Waals surface area contributed by atoms with E-state index in [4.69, 9.17) is 4.42 Å². The third kappa shape index (κ3) is 5.17. The molecule has 4 aromatic heterocycles. The molecule has 4 heterocycles. The summed E-state index contributed by atoms with van der Waals surface area (Å²) >= 11 is 1.71. The molecule has 0 saturated carbocycles. The topological polar surface area (TPSA) is 92.8 Å². The standard InChI is InChI=1S/C27H30N6O2S/c1-4-19-9-10-24-20(13-19)14-21(27(34)28-24)15-32(17-23-8-6-12-36-23)25(18(2)3)26-29-30-31-33(26)16-22-7-5-11-35-22/h5-14,18,25H,4,15-17H2,1-3H3,(H,28,34)/t25-/m1/s1. The Morgan fingerprint density at radius 3 is 2.75 bits per heavy atom. The first-order valence-corrected chi connectivity index (χ1v) is 13.1. The molecule has 0 aliphatic carbocycles. The van der Waals surface area contributed by atoms with Gasteiger partial charge in [-0.3, -0.25) is 9.69 Å². The van der Waals surface area contributed by atoms with Gasteiger partial charge in [0.15, 0.2) is 5.82 Å². The largest absolute Gasteiger partial charge is 0.467 e. The number of fused-ring (bicyclic) bond motifs is 1. The molecule has 9 heteroatoms. The fourth-order valence-electron chi connectivity index (χ4n) is 4.68. The van der Waals surface area contributed by atoms with Gasteiger partial charge in [-0.15, -0.1) is 16.4 Å². The molecule has 186 valence electrons. The van der Waals surface area contributed by atoms with Crippen molar-refractivity contribution in [1.82, 2.24) is 30.1 Å². The molecule has 0 aliphatic heterocycles. The van der Waals surface area contributed by atoms with Crippen molar-refractivity contribution in [2.45, 2.75) is 52.9 Å². The molecule has 5 aromatic rings. The number of hydrogen-bond donors (Lipinski definition) is 1. The van der Waals surface area contributed by atoms with E-state index in [2.05, 4.69) is 75.8 Å². The molecule has 5 rings (SSSR count). The van der Waals surface area contributed by atoms with E-state index in [1.165, 1.54) is 10.4 Å². The maximum Gasteiger partial charge on any atom is 0.252 e. The average Bonchev–Trinajstić information content (AvgIpc) is 3.64. The summed E-state index contributed by atoms with van der Waals surface area (Å²) < 4.78 is 7.34. The van der Waals surface area contributed by atoms with Gasteiger partial charge < -0.3 is 9.40 Å². The summed E-state index contributed by atoms with van der Waals surface area (Å²) in [4.78, 5) is 19.8. The first-order chi connectivity index (χ1) is 17.5. The van der Waals surface area contributed by atoms with Crippen LogP contribution in [0.2, 0.25) is 0 Å². The third-order valence-corrected chi connectivity index (χ3v) is 7.30. The van der Waals surface area contributed by atoms with Crippen LogP contribution in [0.1, 0.15) is 54.4 Å². The number of nitrogens with one attached hydrogen (secondary N) is 1. The molecule has 1 aromatic carbocycles. The fraction of sp³-hybridized carbons (Fsp3) is 0.333. The number of furan rings is 1. The normalized spacial score (nSPS) is 12.7. The van der Waals surface area contributed by atoms with Crippen LogP contribution in [0.5, 0.6) is 0 Å². The van der Waals surface area contributed by atoms with E-state index < -0.39 is 0 Å². The zero-order valence-electron chi connectivity index (χ0n) is 20.7. The van der Waals surface area contributed by atoms with Crippen LogP contribution in [0.3, 0.4) is 0 Å². The zero-order chi connectivity index (χ0) is 25.1. The fourth-order valence-corrected chi connectivity index (χ4v) is 5.41. The number of hydrogen-bond acceptors (Lipinski definition) is 7. The summed E-state index contributed by atoms with van der Waals surface area (Å²) in [5.74, 6) is 1.73. The molecule has 1 N–H and O–H groups in total. The lowest BCUT2D eigenvalue weighted by molar-refractivity contribution is 0.127. The van der Waals surface area contributed by atoms with Gasteiger partial charge in [0, 0.05) is 29.0 Å². The molecule has 0 amide bonds. The minimum atomic E-state index is -0.117. The van der Waals surface area contributed by atoms with Crippen molar-refractivity contribution in [3.05, 3.63) is 98.1 Å². The van der Waals surface area contributed by atoms with Crippen LogP contribution in [0.25, 0.3) is 10.9 Å². The lowest BCUT2D eigenvalue weighted by Gasteiger charge is -2.33. The van der Waals surface area contributed by atoms with E-state index in [9.17, 15) is 4.79 Å². The first-order valence-electron chi connectivity index (χ1n) is 12.2. The summed E-state index contributed by atoms with van der Waals surface area (Å²) in [6, 6.07) is 16.1. The van der Waals surface area contributed by atoms with Crippen molar-refractivity contribution in [3.8, 4) is 0 Å². The molecule has 0 unspecified atom stereocenters. The molecule has 1 atom stereocenters. The monoisotopic (exact) mass is 502 g/mol. The number of pyridine rings is 1. The van der Waals surface area contributed by atoms with E-state index >= 15 is 0 Å². The molecule has 36 heavy (non-hydrogen) atoms. The molecule has 0 aliphatic rings. The van der Waals surface area contributed by atoms with Gasteiger partial charge in [-0.05, 0) is 75.5 Å². The zero-order valence-corrected chi connectivity index (χ0v) is 21.5. The number of thiophene rings is 1. The number of benzene rings is 1. The van der Waals surface area contributed by atoms with Crippen molar-refractivity contribution in [1.29, 1.82) is 0 Å². The number of aryl methyl sites for hydroxylation is 1. The number of H-pyrrole nitrogens is 1. The smallest absolute Gasteiger partial charge is 0.252 e. The van der Waals surface area contributed by atoms with E-state index in [0.717, 1.165) is 34.5 Å². The van der Waals surface area contributed by atoms with Crippen LogP contribution in [0.4, 0.5) is 0 Å². The quantitative estimate of drug-likeness (QED) is 0.283. The highest BCUT2D eigenvalue weighted by molar-refractivity contribution is 7.09. The Hall–Kier alpha value is -3.56. The van der Waals surface area contributed by atoms with Gasteiger partial charge in [0.2, 0.25) is 0 Å². The highest BCUT2D eigenvalue weighted by atomic mass is 32.1. The lowest BCUT2D eigenvalue weighted by atomic mass is 10.00. The van der Waals surface area contributed by atoms with Gasteiger partial charge >= 0.3 is 0 Å². The SMILES string of the molecule is CCc1ccc2[nH]c(=O)c(CN(Cc3cccs3)[C@@H](c3nnnn3Cc3ccco3)C(C)C)cc2c1. The van der Waals surface area contributed by atoms with Gasteiger partial charge in [0.1, 0.15) is 12.3 Å². The minimum Gasteiger partial charge on any atom is -0.467 e. The van der Waals surface area contributed by atoms with Crippen LogP contribution in [-0.2, 0) is 26.1 Å². The number of aromatic amines is 1. The third-order valence-electron chi connectivity index (χ3n) is 6.44. The summed E-state index contributed by atoms with van der Waals surface area (Å²) in [5, 5.41) is 15.8. The molecule has 0 radical (unpaired) electrons. The van der Waals surface area contributed by atoms with Crippen LogP contribution in [-0.4, -0.2) is 30.1 Å². The second-order valence-corrected chi connectivity index (χ2v) is 10.4. The van der Waals surface area contributed by atoms with Crippen LogP contribution in [0.15, 0.2) is 69.4 Å². The van der Waals surface area contributed by atoms with Crippen molar-refractivity contribution < 1.29 is 4.42 Å². The van der Waals surface area contributed by atoms with E-state index in [1.807, 2.05) is 24.3 Å². The molecule has 0 spiro atoms. The van der Waals surface area contributed by atoms with E-state index in [-0.39, 0.29) is 17.5 Å². The Bertz CT molecular complexity index is 1470. The summed E-state index contributed by atoms with van der Waals surface area (Å²) in [7, 11) is 0. The Balaban J connectivity index is 1.54. The first kappa shape index (κ1) is 24.1. The second kappa shape index (κ2) is 10.6. The number of tetrazole rings is 1. The summed E-state index contributed by atoms with van der Waals surface area (Å²) in [5.41, 5.74) is 2.75. The van der Waals surface area contributed by atoms with Crippen LogP contribution < -0.4 is 5.56 Å². The Labute approximate surface area is 213 Å². The summed E-state index contributed by atoms with van der Waals surface area (Å²) in [6.07, 6.45) is 2.60. The second-order valence-electron chi connectivity index (χ2n) is 9.35. The average molecular weight is 503 g/mol. The van der Waals surface area contributed by atoms with Gasteiger partial charge in [0.05, 0.1) is 12.3 Å². The predicted molar refractivity (Wildman–Crippen MR) is 141 cm³/mol. The van der Waals surface area contributed by atoms with Crippen LogP contribution in [0, 0.1) is 5.92 Å². The Morgan fingerprint density at radius 2 is 2.03 bits per heavy atom. The number of rotatable bonds is 10. The predicted octanol–water partition coefficient (Wildman–Crippen LogP) is 5.18. The number of aromatic nitrogens is 5. The highest BCUT2D eigenvalue weighted by Crippen LogP contribution is 2.31. The highest BCUT2D eigenvalue weighted by Gasteiger charge is 2.30. The lowest BCUT2D eigenvalue weighted by Crippen LogP contribution is -2.35. The molecular formula is C27H30N6O2S. The van der Waals surface area contributed by atoms with Crippen molar-refractivity contribution >= 4 is 22.2 Å². The van der Waals surface area contributed by atoms with Gasteiger partial charge in [-0.25, -0.2) is 4.68 Å². The van der Waals surface area contributed by atoms with Gasteiger partial charge in [0.25, 0.3) is 5.56 Å². The Kier molecular flexibility index (Phi) is 7.11.